The average Bonchev–Trinajstić information content (AvgIpc) is 3.96. The first-order chi connectivity index (χ1) is 24.8. The monoisotopic (exact) mass is 642 g/mol. The average molecular weight is 643 g/mol. The Morgan fingerprint density at radius 1 is 0.520 bits per heavy atom. The summed E-state index contributed by atoms with van der Waals surface area (Å²) >= 11 is 0. The predicted octanol–water partition coefficient (Wildman–Crippen LogP) is 10.8. The minimum Gasteiger partial charge on any atom is -0.332 e. The van der Waals surface area contributed by atoms with Crippen molar-refractivity contribution in [3.8, 4) is 17.1 Å². The molecule has 0 radical (unpaired) electrons. The molecule has 4 heterocycles. The highest BCUT2D eigenvalue weighted by Gasteiger charge is 2.43. The van der Waals surface area contributed by atoms with E-state index in [-0.39, 0.29) is 6.04 Å². The van der Waals surface area contributed by atoms with Crippen molar-refractivity contribution in [2.75, 3.05) is 4.90 Å². The first kappa shape index (κ1) is 27.7. The minimum absolute atomic E-state index is 0.227. The van der Waals surface area contributed by atoms with Crippen LogP contribution in [-0.2, 0) is 6.42 Å². The van der Waals surface area contributed by atoms with Crippen LogP contribution in [0, 0.1) is 5.92 Å². The van der Waals surface area contributed by atoms with Gasteiger partial charge in [-0.1, -0.05) is 97.1 Å². The van der Waals surface area contributed by atoms with Crippen molar-refractivity contribution >= 4 is 44.1 Å². The molecule has 0 N–H and O–H groups in total. The van der Waals surface area contributed by atoms with Gasteiger partial charge in [-0.15, -0.1) is 0 Å². The molecule has 238 valence electrons. The lowest BCUT2D eigenvalue weighted by atomic mass is 9.85. The summed E-state index contributed by atoms with van der Waals surface area (Å²) in [5, 5.41) is 3.76. The molecule has 4 heteroatoms. The lowest BCUT2D eigenvalue weighted by Gasteiger charge is -2.32. The summed E-state index contributed by atoms with van der Waals surface area (Å²) in [6, 6.07) is 49.0. The van der Waals surface area contributed by atoms with Crippen LogP contribution < -0.4 is 4.90 Å². The van der Waals surface area contributed by atoms with Crippen LogP contribution in [-0.4, -0.2) is 19.7 Å². The summed E-state index contributed by atoms with van der Waals surface area (Å²) in [7, 11) is 0. The SMILES string of the molecule is C1=CC2C3=C(c4c(ccn4-c4ccccc4)CC3)N(c3cccc(-n4c5ccccc5c5ccc6ccn(-c7ccccc7)c6c54)c3)C2C=C1. The lowest BCUT2D eigenvalue weighted by Crippen LogP contribution is -2.33. The van der Waals surface area contributed by atoms with Crippen molar-refractivity contribution in [3.63, 3.8) is 0 Å². The number of aryl methyl sites for hydroxylation is 1. The van der Waals surface area contributed by atoms with Gasteiger partial charge < -0.3 is 18.6 Å². The van der Waals surface area contributed by atoms with Crippen LogP contribution in [0.2, 0.25) is 0 Å². The van der Waals surface area contributed by atoms with Gasteiger partial charge in [0.05, 0.1) is 34.0 Å². The third-order valence-corrected chi connectivity index (χ3v) is 11.1. The molecule has 0 bridgehead atoms. The van der Waals surface area contributed by atoms with E-state index in [0.717, 1.165) is 24.2 Å². The van der Waals surface area contributed by atoms with Crippen molar-refractivity contribution in [1.29, 1.82) is 0 Å². The number of anilines is 1. The number of aromatic nitrogens is 3. The number of hydrogen-bond donors (Lipinski definition) is 0. The molecule has 3 aromatic heterocycles. The fraction of sp³-hybridized carbons (Fsp3) is 0.0870. The summed E-state index contributed by atoms with van der Waals surface area (Å²) in [6.45, 7) is 0. The van der Waals surface area contributed by atoms with Gasteiger partial charge in [0.1, 0.15) is 0 Å². The van der Waals surface area contributed by atoms with Crippen LogP contribution in [0.25, 0.3) is 55.5 Å². The van der Waals surface area contributed by atoms with Gasteiger partial charge in [0, 0.05) is 57.2 Å². The van der Waals surface area contributed by atoms with Crippen LogP contribution in [0.4, 0.5) is 5.69 Å². The van der Waals surface area contributed by atoms with Crippen molar-refractivity contribution in [3.05, 3.63) is 187 Å². The van der Waals surface area contributed by atoms with Crippen LogP contribution >= 0.6 is 0 Å². The van der Waals surface area contributed by atoms with Gasteiger partial charge in [-0.2, -0.15) is 0 Å². The number of allylic oxidation sites excluding steroid dienone is 2. The number of para-hydroxylation sites is 3. The Morgan fingerprint density at radius 2 is 1.24 bits per heavy atom. The Labute approximate surface area is 290 Å². The molecule has 8 aromatic rings. The molecule has 2 atom stereocenters. The third-order valence-electron chi connectivity index (χ3n) is 11.1. The predicted molar refractivity (Wildman–Crippen MR) is 207 cm³/mol. The standard InChI is InChI=1S/C46H34N4/c1-3-12-33(13-4-1)47-28-26-31-22-24-39-37-18-7-9-20-41(37)49(45(39)43(31)47)35-16-11-17-36(30-35)50-42-21-10-8-19-38(42)40-25-23-32-27-29-48(44(32)46(40)50)34-14-5-2-6-15-34/h1-22,24,26-30,38,42H,23,25H2. The summed E-state index contributed by atoms with van der Waals surface area (Å²) in [6.07, 6.45) is 15.9. The Hall–Kier alpha value is -6.26. The van der Waals surface area contributed by atoms with E-state index >= 15 is 0 Å². The van der Waals surface area contributed by atoms with E-state index in [9.17, 15) is 0 Å². The number of nitrogens with zero attached hydrogens (tertiary/aromatic N) is 4. The minimum atomic E-state index is 0.227. The highest BCUT2D eigenvalue weighted by atomic mass is 15.2. The quantitative estimate of drug-likeness (QED) is 0.187. The Kier molecular flexibility index (Phi) is 5.88. The molecule has 5 aromatic carbocycles. The van der Waals surface area contributed by atoms with Crippen molar-refractivity contribution < 1.29 is 0 Å². The van der Waals surface area contributed by atoms with E-state index in [1.165, 1.54) is 61.0 Å². The highest BCUT2D eigenvalue weighted by Crippen LogP contribution is 2.50. The molecule has 0 amide bonds. The molecule has 2 aliphatic carbocycles. The van der Waals surface area contributed by atoms with E-state index in [0.29, 0.717) is 5.92 Å². The van der Waals surface area contributed by atoms with Crippen molar-refractivity contribution in [2.45, 2.75) is 18.9 Å². The van der Waals surface area contributed by atoms with E-state index in [2.05, 4.69) is 189 Å². The fourth-order valence-corrected chi connectivity index (χ4v) is 9.02. The van der Waals surface area contributed by atoms with E-state index in [4.69, 9.17) is 0 Å². The number of hydrogen-bond acceptors (Lipinski definition) is 1. The number of fused-ring (bicyclic) bond motifs is 9. The second kappa shape index (κ2) is 10.6. The molecule has 0 saturated carbocycles. The second-order valence-electron chi connectivity index (χ2n) is 13.7. The molecule has 1 aliphatic heterocycles. The first-order valence-corrected chi connectivity index (χ1v) is 17.7. The molecule has 0 spiro atoms. The number of benzene rings is 5. The van der Waals surface area contributed by atoms with E-state index in [1.54, 1.807) is 5.57 Å². The molecule has 0 saturated heterocycles. The highest BCUT2D eigenvalue weighted by molar-refractivity contribution is 6.18. The van der Waals surface area contributed by atoms with Gasteiger partial charge in [0.2, 0.25) is 0 Å². The molecule has 11 rings (SSSR count). The van der Waals surface area contributed by atoms with Crippen LogP contribution in [0.1, 0.15) is 17.7 Å². The topological polar surface area (TPSA) is 18.0 Å². The third kappa shape index (κ3) is 3.87. The van der Waals surface area contributed by atoms with Gasteiger partial charge in [-0.25, -0.2) is 0 Å². The molecule has 2 unspecified atom stereocenters. The summed E-state index contributed by atoms with van der Waals surface area (Å²) in [5.41, 5.74) is 14.1. The van der Waals surface area contributed by atoms with Gasteiger partial charge in [-0.3, -0.25) is 0 Å². The van der Waals surface area contributed by atoms with Crippen LogP contribution in [0.5, 0.6) is 0 Å². The lowest BCUT2D eigenvalue weighted by molar-refractivity contribution is 0.658. The van der Waals surface area contributed by atoms with Gasteiger partial charge in [0.25, 0.3) is 0 Å². The fourth-order valence-electron chi connectivity index (χ4n) is 9.02. The summed E-state index contributed by atoms with van der Waals surface area (Å²) in [4.78, 5) is 2.64. The Bertz CT molecular complexity index is 2720. The second-order valence-corrected chi connectivity index (χ2v) is 13.7. The maximum Gasteiger partial charge on any atom is 0.0788 e. The van der Waals surface area contributed by atoms with Crippen molar-refractivity contribution in [2.24, 2.45) is 5.92 Å². The largest absolute Gasteiger partial charge is 0.332 e. The van der Waals surface area contributed by atoms with Crippen LogP contribution in [0.15, 0.2) is 176 Å². The van der Waals surface area contributed by atoms with E-state index < -0.39 is 0 Å². The van der Waals surface area contributed by atoms with Gasteiger partial charge in [0.15, 0.2) is 0 Å². The maximum absolute atomic E-state index is 2.64. The molecule has 0 fully saturated rings. The molecule has 4 nitrogen and oxygen atoms in total. The maximum atomic E-state index is 2.64. The Morgan fingerprint density at radius 3 is 2.10 bits per heavy atom. The van der Waals surface area contributed by atoms with Crippen LogP contribution in [0.3, 0.4) is 0 Å². The first-order valence-electron chi connectivity index (χ1n) is 17.7. The van der Waals surface area contributed by atoms with E-state index in [1.807, 2.05) is 0 Å². The zero-order valence-electron chi connectivity index (χ0n) is 27.5. The molecular weight excluding hydrogens is 609 g/mol. The number of rotatable bonds is 4. The summed E-state index contributed by atoms with van der Waals surface area (Å²) in [5.74, 6) is 0.355. The molecular formula is C46H34N4. The Balaban J connectivity index is 1.15. The van der Waals surface area contributed by atoms with Gasteiger partial charge in [-0.05, 0) is 84.6 Å². The smallest absolute Gasteiger partial charge is 0.0788 e. The zero-order valence-corrected chi connectivity index (χ0v) is 27.5. The summed E-state index contributed by atoms with van der Waals surface area (Å²) < 4.78 is 7.25. The normalized spacial score (nSPS) is 18.0. The zero-order chi connectivity index (χ0) is 32.8. The van der Waals surface area contributed by atoms with Crippen molar-refractivity contribution in [1.82, 2.24) is 13.7 Å². The van der Waals surface area contributed by atoms with Gasteiger partial charge >= 0.3 is 0 Å². The molecule has 50 heavy (non-hydrogen) atoms. The molecule has 3 aliphatic rings.